The zero-order valence-corrected chi connectivity index (χ0v) is 43.6. The molecule has 0 spiro atoms. The molecule has 1 aromatic carbocycles. The lowest BCUT2D eigenvalue weighted by molar-refractivity contribution is -0.145. The zero-order chi connectivity index (χ0) is 58.8. The summed E-state index contributed by atoms with van der Waals surface area (Å²) in [6.07, 6.45) is -1.34. The summed E-state index contributed by atoms with van der Waals surface area (Å²) in [6.45, 7) is -1.95. The van der Waals surface area contributed by atoms with E-state index >= 15 is 0 Å². The first-order valence-corrected chi connectivity index (χ1v) is 25.3. The van der Waals surface area contributed by atoms with Crippen LogP contribution in [0.5, 0.6) is 0 Å². The van der Waals surface area contributed by atoms with E-state index in [1.807, 2.05) is 0 Å². The predicted molar refractivity (Wildman–Crippen MR) is 272 cm³/mol. The highest BCUT2D eigenvalue weighted by Crippen LogP contribution is 2.20. The number of aliphatic carboxylic acids is 6. The number of aromatic nitrogens is 2. The Morgan fingerprint density at radius 2 is 1.04 bits per heavy atom. The molecule has 0 aliphatic carbocycles. The quantitative estimate of drug-likeness (QED) is 0.0326. The molecule has 1 unspecified atom stereocenters. The van der Waals surface area contributed by atoms with Crippen molar-refractivity contribution in [3.63, 3.8) is 0 Å². The largest absolute Gasteiger partial charge is 0.481 e. The van der Waals surface area contributed by atoms with Crippen LogP contribution in [0.1, 0.15) is 56.7 Å². The minimum atomic E-state index is -1.70. The maximum Gasteiger partial charge on any atom is 0.328 e. The average molecular weight is 1120 g/mol. The number of nitrogens with zero attached hydrogens (tertiary/aromatic N) is 5. The fraction of sp³-hybridized carbons (Fsp3) is 0.580. The number of amides is 3. The highest BCUT2D eigenvalue weighted by molar-refractivity contribution is 5.97. The molecule has 0 radical (unpaired) electrons. The van der Waals surface area contributed by atoms with Crippen LogP contribution in [0.2, 0.25) is 0 Å². The van der Waals surface area contributed by atoms with E-state index in [-0.39, 0.29) is 71.6 Å². The van der Waals surface area contributed by atoms with Crippen molar-refractivity contribution in [3.05, 3.63) is 54.1 Å². The summed E-state index contributed by atoms with van der Waals surface area (Å²) in [7, 11) is 0. The molecule has 2 aromatic rings. The second-order valence-electron chi connectivity index (χ2n) is 19.2. The van der Waals surface area contributed by atoms with Crippen molar-refractivity contribution in [3.8, 4) is 0 Å². The zero-order valence-electron chi connectivity index (χ0n) is 43.6. The Kier molecular flexibility index (Phi) is 28.0. The summed E-state index contributed by atoms with van der Waals surface area (Å²) in [6, 6.07) is 2.19. The summed E-state index contributed by atoms with van der Waals surface area (Å²) < 4.78 is 0. The van der Waals surface area contributed by atoms with E-state index in [1.54, 1.807) is 30.3 Å². The number of hydrogen-bond acceptors (Lipinski definition) is 19. The lowest BCUT2D eigenvalue weighted by Crippen LogP contribution is -2.52. The van der Waals surface area contributed by atoms with Gasteiger partial charge in [-0.15, -0.1) is 0 Å². The smallest absolute Gasteiger partial charge is 0.328 e. The van der Waals surface area contributed by atoms with Gasteiger partial charge in [0.1, 0.15) is 23.9 Å². The molecule has 1 fully saturated rings. The van der Waals surface area contributed by atoms with Crippen LogP contribution >= 0.6 is 0 Å². The molecule has 436 valence electrons. The lowest BCUT2D eigenvalue weighted by atomic mass is 9.90. The number of carbonyl (C=O) groups excluding carboxylic acids is 6. The minimum absolute atomic E-state index is 0.0251. The number of H-pyrrole nitrogens is 1. The first kappa shape index (κ1) is 65.7. The number of Topliss-reactive ketones (excluding diaryl/α,β-unsaturated/α-hetero) is 3. The van der Waals surface area contributed by atoms with E-state index in [0.29, 0.717) is 11.3 Å². The van der Waals surface area contributed by atoms with Gasteiger partial charge < -0.3 is 61.8 Å². The minimum Gasteiger partial charge on any atom is -0.481 e. The molecule has 0 bridgehead atoms. The molecular weight excluding hydrogens is 1050 g/mol. The standard InChI is InChI=1S/C50H71N9O20/c1-30(40(63)20-33(18-35-23-51-29-52-35)48(75)54-37(27-60)41(64)21-32(17-31-5-3-2-4-6-31)47(74)55-38(28-61)49(76)77)53-46(73)34(22-42(65)66)19-36(62)7-8-39(50(78)79)59-15-13-57(25-44(69)70)11-9-56(24-43(67)68)10-12-58(14-16-59)26-45(71)72/h2-6,23,29-30,32-34,37-39,60-61H,7-22,24-28H2,1H3,(H,51,52)(H,53,73)(H,54,75)(H,55,74)(H,65,66)(H,67,68)(H,69,70)(H,71,72)(H,76,77)(H,78,79)/t30-,32+,33+,34-,37-,38-,39?/m0/s1. The number of carboxylic acids is 6. The molecule has 79 heavy (non-hydrogen) atoms. The van der Waals surface area contributed by atoms with Gasteiger partial charge in [-0.2, -0.15) is 0 Å². The number of imidazole rings is 1. The molecular formula is C50H71N9O20. The Hall–Kier alpha value is -7.57. The van der Waals surface area contributed by atoms with Crippen LogP contribution < -0.4 is 16.0 Å². The Labute approximate surface area is 453 Å². The summed E-state index contributed by atoms with van der Waals surface area (Å²) in [5.74, 6) is -17.3. The number of rotatable bonds is 34. The monoisotopic (exact) mass is 1120 g/mol. The van der Waals surface area contributed by atoms with Crippen LogP contribution in [0.3, 0.4) is 0 Å². The van der Waals surface area contributed by atoms with Crippen LogP contribution in [0.15, 0.2) is 42.9 Å². The van der Waals surface area contributed by atoms with Gasteiger partial charge in [0.2, 0.25) is 17.7 Å². The van der Waals surface area contributed by atoms with Crippen LogP contribution in [0.25, 0.3) is 0 Å². The van der Waals surface area contributed by atoms with Crippen LogP contribution in [0, 0.1) is 17.8 Å². The number of aromatic amines is 1. The van der Waals surface area contributed by atoms with Gasteiger partial charge in [0.25, 0.3) is 0 Å². The van der Waals surface area contributed by atoms with Gasteiger partial charge in [0, 0.05) is 102 Å². The van der Waals surface area contributed by atoms with Crippen LogP contribution in [-0.4, -0.2) is 251 Å². The third-order valence-corrected chi connectivity index (χ3v) is 13.1. The summed E-state index contributed by atoms with van der Waals surface area (Å²) in [5, 5.41) is 84.9. The average Bonchev–Trinajstić information content (AvgIpc) is 3.90. The van der Waals surface area contributed by atoms with Gasteiger partial charge in [-0.25, -0.2) is 9.78 Å². The molecule has 2 heterocycles. The topological polar surface area (TPSA) is 444 Å². The summed E-state index contributed by atoms with van der Waals surface area (Å²) in [5.41, 5.74) is 0.936. The second-order valence-corrected chi connectivity index (χ2v) is 19.2. The summed E-state index contributed by atoms with van der Waals surface area (Å²) >= 11 is 0. The van der Waals surface area contributed by atoms with Crippen molar-refractivity contribution in [2.45, 2.75) is 82.5 Å². The van der Waals surface area contributed by atoms with Gasteiger partial charge in [0.15, 0.2) is 11.6 Å². The second kappa shape index (κ2) is 33.7. The fourth-order valence-corrected chi connectivity index (χ4v) is 8.80. The van der Waals surface area contributed by atoms with Gasteiger partial charge in [-0.1, -0.05) is 30.3 Å². The van der Waals surface area contributed by atoms with E-state index in [2.05, 4.69) is 25.9 Å². The molecule has 29 heteroatoms. The third-order valence-electron chi connectivity index (χ3n) is 13.1. The predicted octanol–water partition coefficient (Wildman–Crippen LogP) is -3.35. The Morgan fingerprint density at radius 3 is 1.49 bits per heavy atom. The van der Waals surface area contributed by atoms with E-state index in [9.17, 15) is 98.4 Å². The molecule has 3 rings (SSSR count). The SMILES string of the molecule is C[C@H](NC(=O)[C@H](CC(=O)O)CC(=O)CCC(C(=O)O)N1CCN(CC(=O)O)CCN(CC(=O)O)CCN(CC(=O)O)CC1)C(=O)C[C@@H](Cc1cnc[nH]1)C(=O)N[C@@H](CO)C(=O)C[C@@H](Cc1ccccc1)C(=O)N[C@@H](CO)C(=O)O. The van der Waals surface area contributed by atoms with Crippen molar-refractivity contribution in [1.82, 2.24) is 45.5 Å². The molecule has 1 saturated heterocycles. The van der Waals surface area contributed by atoms with Crippen molar-refractivity contribution < 1.29 is 98.4 Å². The maximum atomic E-state index is 13.9. The Balaban J connectivity index is 1.75. The van der Waals surface area contributed by atoms with Gasteiger partial charge >= 0.3 is 35.8 Å². The fourth-order valence-electron chi connectivity index (χ4n) is 8.80. The van der Waals surface area contributed by atoms with Crippen molar-refractivity contribution in [2.75, 3.05) is 85.2 Å². The molecule has 1 aliphatic rings. The highest BCUT2D eigenvalue weighted by atomic mass is 16.4. The van der Waals surface area contributed by atoms with Crippen molar-refractivity contribution in [1.29, 1.82) is 0 Å². The first-order valence-electron chi connectivity index (χ1n) is 25.3. The number of hydrogen-bond donors (Lipinski definition) is 12. The molecule has 3 amide bonds. The van der Waals surface area contributed by atoms with Crippen LogP contribution in [-0.2, 0) is 70.4 Å². The first-order chi connectivity index (χ1) is 37.4. The molecule has 29 nitrogen and oxygen atoms in total. The molecule has 1 aromatic heterocycles. The molecule has 12 N–H and O–H groups in total. The van der Waals surface area contributed by atoms with Gasteiger partial charge in [-0.3, -0.25) is 72.3 Å². The number of nitrogens with one attached hydrogen (secondary N) is 4. The molecule has 7 atom stereocenters. The van der Waals surface area contributed by atoms with Crippen LogP contribution in [0.4, 0.5) is 0 Å². The number of carbonyl (C=O) groups is 12. The van der Waals surface area contributed by atoms with E-state index in [4.69, 9.17) is 0 Å². The summed E-state index contributed by atoms with van der Waals surface area (Å²) in [4.78, 5) is 166. The third kappa shape index (κ3) is 24.3. The number of aliphatic hydroxyl groups excluding tert-OH is 2. The van der Waals surface area contributed by atoms with E-state index in [0.717, 1.165) is 0 Å². The van der Waals surface area contributed by atoms with Crippen molar-refractivity contribution in [2.24, 2.45) is 17.8 Å². The maximum absolute atomic E-state index is 13.9. The van der Waals surface area contributed by atoms with E-state index < -0.39 is 178 Å². The lowest BCUT2D eigenvalue weighted by Gasteiger charge is -2.35. The van der Waals surface area contributed by atoms with E-state index in [1.165, 1.54) is 39.0 Å². The van der Waals surface area contributed by atoms with Gasteiger partial charge in [0.05, 0.1) is 63.5 Å². The highest BCUT2D eigenvalue weighted by Gasteiger charge is 2.35. The van der Waals surface area contributed by atoms with Gasteiger partial charge in [-0.05, 0) is 25.3 Å². The number of benzene rings is 1. The Bertz CT molecular complexity index is 2380. The molecule has 0 saturated carbocycles. The molecule has 1 aliphatic heterocycles. The number of carboxylic acid groups (broad SMARTS) is 6. The normalized spacial score (nSPS) is 16.9. The van der Waals surface area contributed by atoms with Crippen molar-refractivity contribution >= 4 is 70.9 Å². The number of ketones is 3. The number of aliphatic hydroxyl groups is 2. The Morgan fingerprint density at radius 1 is 0.557 bits per heavy atom.